The van der Waals surface area contributed by atoms with Crippen LogP contribution < -0.4 is 5.11 Å². The number of allylic oxidation sites excluding steroid dienone is 2. The molecular formula is C29H53NO6. The highest BCUT2D eigenvalue weighted by atomic mass is 16.4. The number of aliphatic carboxylic acids is 3. The fourth-order valence-electron chi connectivity index (χ4n) is 4.43. The molecule has 36 heavy (non-hydrogen) atoms. The molecule has 0 saturated heterocycles. The average Bonchev–Trinajstić information content (AvgIpc) is 2.84. The molecule has 0 aliphatic heterocycles. The molecule has 0 heterocycles. The molecular weight excluding hydrogens is 458 g/mol. The lowest BCUT2D eigenvalue weighted by Gasteiger charge is -2.41. The second-order valence-corrected chi connectivity index (χ2v) is 10.8. The Balaban J connectivity index is 4.93. The van der Waals surface area contributed by atoms with E-state index in [2.05, 4.69) is 19.1 Å². The first-order valence-corrected chi connectivity index (χ1v) is 14.2. The van der Waals surface area contributed by atoms with Crippen molar-refractivity contribution in [3.8, 4) is 0 Å². The van der Waals surface area contributed by atoms with Crippen LogP contribution in [-0.2, 0) is 14.4 Å². The van der Waals surface area contributed by atoms with Gasteiger partial charge in [-0.1, -0.05) is 72.0 Å². The topological polar surface area (TPSA) is 115 Å². The SMILES string of the molecule is CCC/C=C/CCCCCCCCC[N+](CCC(C)C(=O)[O-])(CCC(C)C(=O)O)CCC(C)C(=O)O. The van der Waals surface area contributed by atoms with Gasteiger partial charge in [-0.25, -0.2) is 0 Å². The van der Waals surface area contributed by atoms with E-state index in [-0.39, 0.29) is 0 Å². The van der Waals surface area contributed by atoms with Gasteiger partial charge in [-0.3, -0.25) is 9.59 Å². The van der Waals surface area contributed by atoms with E-state index in [0.717, 1.165) is 38.6 Å². The standard InChI is InChI=1S/C29H53NO6/c1-5-6-7-8-9-10-11-12-13-14-15-16-20-30(21-17-24(2)27(31)32,22-18-25(3)28(33)34)23-19-26(4)29(35)36/h7-8,24-26H,5-6,9-23H2,1-4H3,(H2-,31,32,33,34,35,36)/b8-7+. The van der Waals surface area contributed by atoms with Crippen molar-refractivity contribution in [3.63, 3.8) is 0 Å². The Morgan fingerprint density at radius 2 is 1.08 bits per heavy atom. The molecule has 0 rings (SSSR count). The van der Waals surface area contributed by atoms with Crippen LogP contribution in [0.25, 0.3) is 0 Å². The molecule has 0 spiro atoms. The second kappa shape index (κ2) is 20.2. The molecule has 0 fully saturated rings. The number of rotatable bonds is 24. The lowest BCUT2D eigenvalue weighted by molar-refractivity contribution is -0.929. The molecule has 0 aromatic rings. The summed E-state index contributed by atoms with van der Waals surface area (Å²) in [5.74, 6) is -4.32. The molecule has 3 unspecified atom stereocenters. The van der Waals surface area contributed by atoms with Gasteiger partial charge in [0.25, 0.3) is 0 Å². The van der Waals surface area contributed by atoms with Crippen molar-refractivity contribution in [2.24, 2.45) is 17.8 Å². The number of carbonyl (C=O) groups is 3. The maximum Gasteiger partial charge on any atom is 0.306 e. The van der Waals surface area contributed by atoms with Crippen molar-refractivity contribution in [1.82, 2.24) is 0 Å². The Morgan fingerprint density at radius 3 is 1.53 bits per heavy atom. The van der Waals surface area contributed by atoms with Gasteiger partial charge in [0.05, 0.1) is 38.0 Å². The van der Waals surface area contributed by atoms with E-state index in [1.807, 2.05) is 0 Å². The Morgan fingerprint density at radius 1 is 0.667 bits per heavy atom. The first-order chi connectivity index (χ1) is 17.0. The minimum absolute atomic E-state index is 0.442. The summed E-state index contributed by atoms with van der Waals surface area (Å²) in [6.45, 7) is 9.87. The summed E-state index contributed by atoms with van der Waals surface area (Å²) in [5, 5.41) is 30.1. The zero-order valence-electron chi connectivity index (χ0n) is 23.4. The Hall–Kier alpha value is -1.89. The monoisotopic (exact) mass is 511 g/mol. The molecule has 7 heteroatoms. The maximum atomic E-state index is 11.4. The van der Waals surface area contributed by atoms with Crippen LogP contribution in [0, 0.1) is 17.8 Å². The van der Waals surface area contributed by atoms with E-state index in [9.17, 15) is 29.7 Å². The molecule has 0 saturated carbocycles. The van der Waals surface area contributed by atoms with Crippen LogP contribution >= 0.6 is 0 Å². The van der Waals surface area contributed by atoms with E-state index < -0.39 is 35.7 Å². The van der Waals surface area contributed by atoms with Gasteiger partial charge in [-0.15, -0.1) is 0 Å². The minimum atomic E-state index is -1.08. The van der Waals surface area contributed by atoms with E-state index in [1.54, 1.807) is 20.8 Å². The fraction of sp³-hybridized carbons (Fsp3) is 0.828. The van der Waals surface area contributed by atoms with Crippen molar-refractivity contribution in [2.45, 2.75) is 111 Å². The van der Waals surface area contributed by atoms with Crippen molar-refractivity contribution < 1.29 is 34.2 Å². The number of quaternary nitrogens is 1. The molecule has 2 N–H and O–H groups in total. The lowest BCUT2D eigenvalue weighted by atomic mass is 10.0. The van der Waals surface area contributed by atoms with Gasteiger partial charge in [0.1, 0.15) is 0 Å². The lowest BCUT2D eigenvalue weighted by Crippen LogP contribution is -2.52. The normalized spacial score (nSPS) is 15.9. The van der Waals surface area contributed by atoms with Crippen LogP contribution in [0.2, 0.25) is 0 Å². The van der Waals surface area contributed by atoms with Crippen molar-refractivity contribution in [3.05, 3.63) is 12.2 Å². The summed E-state index contributed by atoms with van der Waals surface area (Å²) in [6, 6.07) is 0. The summed E-state index contributed by atoms with van der Waals surface area (Å²) in [4.78, 5) is 34.2. The van der Waals surface area contributed by atoms with Crippen LogP contribution in [0.15, 0.2) is 12.2 Å². The molecule has 0 bridgehead atoms. The number of nitrogens with zero attached hydrogens (tertiary/aromatic N) is 1. The number of carboxylic acid groups (broad SMARTS) is 3. The Labute approximate surface area is 219 Å². The van der Waals surface area contributed by atoms with E-state index in [0.29, 0.717) is 43.4 Å². The molecule has 0 aliphatic carbocycles. The Bertz CT molecular complexity index is 588. The summed E-state index contributed by atoms with van der Waals surface area (Å²) in [6.07, 6.45) is 17.6. The average molecular weight is 512 g/mol. The largest absolute Gasteiger partial charge is 0.550 e. The smallest absolute Gasteiger partial charge is 0.306 e. The van der Waals surface area contributed by atoms with Crippen molar-refractivity contribution >= 4 is 17.9 Å². The number of unbranched alkanes of at least 4 members (excludes halogenated alkanes) is 8. The summed E-state index contributed by atoms with van der Waals surface area (Å²) in [7, 11) is 0. The summed E-state index contributed by atoms with van der Waals surface area (Å²) < 4.78 is 0.580. The summed E-state index contributed by atoms with van der Waals surface area (Å²) >= 11 is 0. The van der Waals surface area contributed by atoms with Crippen LogP contribution in [0.1, 0.15) is 111 Å². The fourth-order valence-corrected chi connectivity index (χ4v) is 4.43. The molecule has 0 radical (unpaired) electrons. The molecule has 0 aliphatic rings. The maximum absolute atomic E-state index is 11.4. The summed E-state index contributed by atoms with van der Waals surface area (Å²) in [5.41, 5.74) is 0. The zero-order chi connectivity index (χ0) is 27.4. The van der Waals surface area contributed by atoms with Gasteiger partial charge >= 0.3 is 11.9 Å². The Kier molecular flexibility index (Phi) is 19.1. The molecule has 210 valence electrons. The quantitative estimate of drug-likeness (QED) is 0.104. The van der Waals surface area contributed by atoms with Gasteiger partial charge in [0.15, 0.2) is 0 Å². The highest BCUT2D eigenvalue weighted by Gasteiger charge is 2.30. The molecule has 0 amide bonds. The molecule has 0 aromatic heterocycles. The third kappa shape index (κ3) is 16.7. The highest BCUT2D eigenvalue weighted by Crippen LogP contribution is 2.21. The van der Waals surface area contributed by atoms with Gasteiger partial charge < -0.3 is 24.6 Å². The first-order valence-electron chi connectivity index (χ1n) is 14.2. The van der Waals surface area contributed by atoms with Crippen molar-refractivity contribution in [1.29, 1.82) is 0 Å². The third-order valence-electron chi connectivity index (χ3n) is 7.48. The van der Waals surface area contributed by atoms with Crippen LogP contribution in [-0.4, -0.2) is 58.8 Å². The van der Waals surface area contributed by atoms with Crippen LogP contribution in [0.4, 0.5) is 0 Å². The number of hydrogen-bond acceptors (Lipinski definition) is 4. The zero-order valence-corrected chi connectivity index (χ0v) is 23.4. The van der Waals surface area contributed by atoms with E-state index in [4.69, 9.17) is 0 Å². The predicted molar refractivity (Wildman–Crippen MR) is 142 cm³/mol. The minimum Gasteiger partial charge on any atom is -0.550 e. The van der Waals surface area contributed by atoms with Gasteiger partial charge in [-0.2, -0.15) is 0 Å². The van der Waals surface area contributed by atoms with Gasteiger partial charge in [-0.05, 0) is 32.1 Å². The van der Waals surface area contributed by atoms with E-state index >= 15 is 0 Å². The number of carboxylic acids is 3. The van der Waals surface area contributed by atoms with Gasteiger partial charge in [0, 0.05) is 31.1 Å². The van der Waals surface area contributed by atoms with Crippen molar-refractivity contribution in [2.75, 3.05) is 26.2 Å². The molecule has 3 atom stereocenters. The second-order valence-electron chi connectivity index (χ2n) is 10.8. The van der Waals surface area contributed by atoms with Crippen LogP contribution in [0.5, 0.6) is 0 Å². The first kappa shape index (κ1) is 34.1. The molecule has 0 aromatic carbocycles. The highest BCUT2D eigenvalue weighted by molar-refractivity contribution is 5.69. The number of hydrogen-bond donors (Lipinski definition) is 2. The van der Waals surface area contributed by atoms with Gasteiger partial charge in [0.2, 0.25) is 0 Å². The third-order valence-corrected chi connectivity index (χ3v) is 7.48. The number of carbonyl (C=O) groups excluding carboxylic acids is 1. The van der Waals surface area contributed by atoms with E-state index in [1.165, 1.54) is 32.1 Å². The molecule has 7 nitrogen and oxygen atoms in total. The van der Waals surface area contributed by atoms with Crippen LogP contribution in [0.3, 0.4) is 0 Å². The predicted octanol–water partition coefficient (Wildman–Crippen LogP) is 5.28.